The molecule has 1 saturated carbocycles. The molecule has 4 aromatic rings. The molecule has 0 saturated heterocycles. The zero-order valence-corrected chi connectivity index (χ0v) is 20.9. The number of Topliss-reactive ketones (excluding diaryl/α,β-unsaturated/α-hetero) is 1. The van der Waals surface area contributed by atoms with E-state index in [2.05, 4.69) is 15.6 Å². The fourth-order valence-corrected chi connectivity index (χ4v) is 5.93. The molecular weight excluding hydrogens is 488 g/mol. The minimum atomic E-state index is -0.485. The third kappa shape index (κ3) is 4.21. The molecule has 2 aromatic carbocycles. The second-order valence-electron chi connectivity index (χ2n) is 9.18. The number of carbonyl (C=O) groups is 3. The average molecular weight is 513 g/mol. The molecule has 186 valence electrons. The molecule has 3 heterocycles. The lowest BCUT2D eigenvalue weighted by Crippen LogP contribution is -2.42. The number of aryl methyl sites for hydroxylation is 1. The largest absolute Gasteiger partial charge is 0.457 e. The van der Waals surface area contributed by atoms with E-state index in [1.54, 1.807) is 17.2 Å². The Bertz CT molecular complexity index is 1550. The van der Waals surface area contributed by atoms with E-state index in [1.807, 2.05) is 55.5 Å². The van der Waals surface area contributed by atoms with Crippen molar-refractivity contribution in [2.45, 2.75) is 38.6 Å². The SMILES string of the molecule is Cc1cc(Oc2ccccc2)ccc1N1C(=O)Nc2c(C(=O)NC3CCCCC3=O)sc3nccc1c23. The molecule has 6 rings (SSSR count). The third-order valence-corrected chi connectivity index (χ3v) is 7.80. The monoisotopic (exact) mass is 512 g/mol. The second kappa shape index (κ2) is 9.33. The second-order valence-corrected chi connectivity index (χ2v) is 10.2. The fraction of sp³-hybridized carbons (Fsp3) is 0.214. The highest BCUT2D eigenvalue weighted by molar-refractivity contribution is 7.21. The number of para-hydroxylation sites is 1. The molecule has 1 aliphatic carbocycles. The Morgan fingerprint density at radius 1 is 1.08 bits per heavy atom. The number of urea groups is 1. The van der Waals surface area contributed by atoms with Crippen molar-refractivity contribution in [1.82, 2.24) is 10.3 Å². The van der Waals surface area contributed by atoms with Gasteiger partial charge in [-0.2, -0.15) is 0 Å². The smallest absolute Gasteiger partial charge is 0.331 e. The van der Waals surface area contributed by atoms with Gasteiger partial charge in [0.05, 0.1) is 28.5 Å². The lowest BCUT2D eigenvalue weighted by atomic mass is 9.94. The zero-order chi connectivity index (χ0) is 25.5. The van der Waals surface area contributed by atoms with Gasteiger partial charge in [0.25, 0.3) is 5.91 Å². The first kappa shape index (κ1) is 23.2. The molecule has 1 atom stereocenters. The zero-order valence-electron chi connectivity index (χ0n) is 20.1. The van der Waals surface area contributed by atoms with Crippen molar-refractivity contribution in [3.63, 3.8) is 0 Å². The summed E-state index contributed by atoms with van der Waals surface area (Å²) in [5, 5.41) is 6.49. The van der Waals surface area contributed by atoms with Crippen molar-refractivity contribution >= 4 is 56.3 Å². The van der Waals surface area contributed by atoms with Crippen LogP contribution in [0.1, 0.15) is 40.9 Å². The van der Waals surface area contributed by atoms with Gasteiger partial charge in [0.1, 0.15) is 21.2 Å². The molecule has 1 unspecified atom stereocenters. The van der Waals surface area contributed by atoms with E-state index in [1.165, 1.54) is 11.3 Å². The number of thiophene rings is 1. The number of rotatable bonds is 5. The van der Waals surface area contributed by atoms with Gasteiger partial charge in [-0.3, -0.25) is 14.5 Å². The van der Waals surface area contributed by atoms with E-state index < -0.39 is 6.04 Å². The number of benzene rings is 2. The molecular formula is C28H24N4O4S. The Morgan fingerprint density at radius 2 is 1.92 bits per heavy atom. The first-order valence-electron chi connectivity index (χ1n) is 12.2. The van der Waals surface area contributed by atoms with Gasteiger partial charge >= 0.3 is 6.03 Å². The van der Waals surface area contributed by atoms with Gasteiger partial charge in [-0.25, -0.2) is 9.78 Å². The van der Waals surface area contributed by atoms with Gasteiger partial charge in [0.2, 0.25) is 0 Å². The van der Waals surface area contributed by atoms with Gasteiger partial charge in [-0.15, -0.1) is 11.3 Å². The first-order valence-corrected chi connectivity index (χ1v) is 13.0. The summed E-state index contributed by atoms with van der Waals surface area (Å²) in [7, 11) is 0. The molecule has 2 aliphatic rings. The predicted octanol–water partition coefficient (Wildman–Crippen LogP) is 6.32. The number of ketones is 1. The summed E-state index contributed by atoms with van der Waals surface area (Å²) in [5.74, 6) is 1.08. The van der Waals surface area contributed by atoms with Crippen LogP contribution < -0.4 is 20.3 Å². The van der Waals surface area contributed by atoms with Gasteiger partial charge < -0.3 is 15.4 Å². The Morgan fingerprint density at radius 3 is 2.70 bits per heavy atom. The summed E-state index contributed by atoms with van der Waals surface area (Å²) < 4.78 is 5.95. The molecule has 1 aliphatic heterocycles. The molecule has 0 bridgehead atoms. The number of carbonyl (C=O) groups excluding carboxylic acids is 3. The van der Waals surface area contributed by atoms with Crippen LogP contribution in [0.3, 0.4) is 0 Å². The minimum Gasteiger partial charge on any atom is -0.457 e. The number of amides is 3. The average Bonchev–Trinajstić information content (AvgIpc) is 3.26. The maximum atomic E-state index is 13.4. The van der Waals surface area contributed by atoms with Gasteiger partial charge in [0, 0.05) is 12.6 Å². The molecule has 0 radical (unpaired) electrons. The van der Waals surface area contributed by atoms with Crippen LogP contribution in [0.4, 0.5) is 21.9 Å². The highest BCUT2D eigenvalue weighted by Crippen LogP contribution is 2.46. The minimum absolute atomic E-state index is 0.0542. The Balaban J connectivity index is 1.34. The van der Waals surface area contributed by atoms with Crippen molar-refractivity contribution in [1.29, 1.82) is 0 Å². The molecule has 2 aromatic heterocycles. The van der Waals surface area contributed by atoms with Crippen LogP contribution >= 0.6 is 11.3 Å². The molecule has 37 heavy (non-hydrogen) atoms. The van der Waals surface area contributed by atoms with Crippen molar-refractivity contribution < 1.29 is 19.1 Å². The van der Waals surface area contributed by atoms with Crippen LogP contribution in [0.15, 0.2) is 60.8 Å². The number of aromatic nitrogens is 1. The Labute approximate surface area is 217 Å². The molecule has 0 spiro atoms. The number of hydrogen-bond donors (Lipinski definition) is 2. The maximum Gasteiger partial charge on any atom is 0.331 e. The standard InChI is InChI=1S/C28H24N4O4S/c1-16-15-18(36-17-7-3-2-4-8-17)11-12-20(16)32-21-13-14-29-27-23(21)24(31-28(32)35)25(37-27)26(34)30-19-9-5-6-10-22(19)33/h2-4,7-8,11-15,19H,5-6,9-10H2,1H3,(H,30,34)(H,31,35). The van der Waals surface area contributed by atoms with Crippen molar-refractivity contribution in [2.75, 3.05) is 10.2 Å². The predicted molar refractivity (Wildman–Crippen MR) is 143 cm³/mol. The van der Waals surface area contributed by atoms with E-state index >= 15 is 0 Å². The van der Waals surface area contributed by atoms with Crippen LogP contribution in [-0.2, 0) is 4.79 Å². The van der Waals surface area contributed by atoms with E-state index in [0.717, 1.165) is 24.2 Å². The number of hydrogen-bond acceptors (Lipinski definition) is 6. The van der Waals surface area contributed by atoms with Crippen molar-refractivity contribution in [2.24, 2.45) is 0 Å². The quantitative estimate of drug-likeness (QED) is 0.326. The normalized spacial score (nSPS) is 17.0. The van der Waals surface area contributed by atoms with E-state index in [0.29, 0.717) is 50.7 Å². The Kier molecular flexibility index (Phi) is 5.84. The van der Waals surface area contributed by atoms with Gasteiger partial charge in [-0.1, -0.05) is 24.6 Å². The van der Waals surface area contributed by atoms with Crippen LogP contribution in [0, 0.1) is 6.92 Å². The fourth-order valence-electron chi connectivity index (χ4n) is 4.91. The van der Waals surface area contributed by atoms with Gasteiger partial charge in [0.15, 0.2) is 5.78 Å². The maximum absolute atomic E-state index is 13.4. The molecule has 2 N–H and O–H groups in total. The summed E-state index contributed by atoms with van der Waals surface area (Å²) >= 11 is 1.21. The summed E-state index contributed by atoms with van der Waals surface area (Å²) in [6.45, 7) is 1.92. The molecule has 9 heteroatoms. The number of nitrogens with one attached hydrogen (secondary N) is 2. The molecule has 3 amide bonds. The first-order chi connectivity index (χ1) is 18.0. The van der Waals surface area contributed by atoms with Crippen molar-refractivity contribution in [3.8, 4) is 11.5 Å². The Hall–Kier alpha value is -4.24. The lowest BCUT2D eigenvalue weighted by Gasteiger charge is -2.29. The van der Waals surface area contributed by atoms with Crippen LogP contribution in [0.25, 0.3) is 10.2 Å². The van der Waals surface area contributed by atoms with E-state index in [4.69, 9.17) is 4.74 Å². The molecule has 1 fully saturated rings. The summed E-state index contributed by atoms with van der Waals surface area (Å²) in [6.07, 6.45) is 4.52. The van der Waals surface area contributed by atoms with Crippen molar-refractivity contribution in [3.05, 3.63) is 71.2 Å². The van der Waals surface area contributed by atoms with Crippen LogP contribution in [0.5, 0.6) is 11.5 Å². The highest BCUT2D eigenvalue weighted by atomic mass is 32.1. The van der Waals surface area contributed by atoms with Crippen LogP contribution in [0.2, 0.25) is 0 Å². The highest BCUT2D eigenvalue weighted by Gasteiger charge is 2.34. The van der Waals surface area contributed by atoms with E-state index in [9.17, 15) is 14.4 Å². The van der Waals surface area contributed by atoms with E-state index in [-0.39, 0.29) is 17.7 Å². The lowest BCUT2D eigenvalue weighted by molar-refractivity contribution is -0.122. The van der Waals surface area contributed by atoms with Gasteiger partial charge in [-0.05, 0) is 61.7 Å². The topological polar surface area (TPSA) is 101 Å². The van der Waals surface area contributed by atoms with Crippen LogP contribution in [-0.4, -0.2) is 28.7 Å². The number of ether oxygens (including phenoxy) is 1. The number of anilines is 3. The summed E-state index contributed by atoms with van der Waals surface area (Å²) in [6, 6.07) is 16.0. The summed E-state index contributed by atoms with van der Waals surface area (Å²) in [4.78, 5) is 45.9. The third-order valence-electron chi connectivity index (χ3n) is 6.70. The number of nitrogens with zero attached hydrogens (tertiary/aromatic N) is 2. The molecule has 8 nitrogen and oxygen atoms in total. The number of pyridine rings is 1. The summed E-state index contributed by atoms with van der Waals surface area (Å²) in [5.41, 5.74) is 2.63.